The fraction of sp³-hybridized carbons (Fsp3) is 0.238. The van der Waals surface area contributed by atoms with Gasteiger partial charge >= 0.3 is 0 Å². The normalized spacial score (nSPS) is 10.7. The molecule has 150 valence electrons. The van der Waals surface area contributed by atoms with Gasteiger partial charge in [-0.3, -0.25) is 14.4 Å². The quantitative estimate of drug-likeness (QED) is 0.691. The number of hydrogen-bond acceptors (Lipinski definition) is 4. The lowest BCUT2D eigenvalue weighted by Crippen LogP contribution is -2.26. The standard InChI is InChI=1S/C21H23N5O3/c1-24(2)18(27)11-12-26-17-10-9-15(13-16(17)23-20(26)19(22)28)25(3)21(29)14-7-5-4-6-8-14/h4-10,13H,11-12H2,1-3H3,(H2,22,28). The van der Waals surface area contributed by atoms with Crippen LogP contribution in [0.4, 0.5) is 5.69 Å². The van der Waals surface area contributed by atoms with Gasteiger partial charge in [0.2, 0.25) is 5.91 Å². The fourth-order valence-corrected chi connectivity index (χ4v) is 3.06. The van der Waals surface area contributed by atoms with Crippen LogP contribution >= 0.6 is 0 Å². The van der Waals surface area contributed by atoms with E-state index in [1.54, 1.807) is 68.2 Å². The number of aryl methyl sites for hydroxylation is 1. The molecule has 0 saturated heterocycles. The van der Waals surface area contributed by atoms with E-state index in [2.05, 4.69) is 4.98 Å². The van der Waals surface area contributed by atoms with E-state index >= 15 is 0 Å². The van der Waals surface area contributed by atoms with Crippen LogP contribution in [-0.2, 0) is 11.3 Å². The van der Waals surface area contributed by atoms with Crippen molar-refractivity contribution in [2.75, 3.05) is 26.0 Å². The number of aromatic nitrogens is 2. The number of nitrogens with two attached hydrogens (primary N) is 1. The van der Waals surface area contributed by atoms with Crippen LogP contribution in [0.15, 0.2) is 48.5 Å². The molecule has 1 aromatic heterocycles. The Morgan fingerprint density at radius 2 is 1.72 bits per heavy atom. The average molecular weight is 393 g/mol. The third kappa shape index (κ3) is 4.11. The molecule has 0 radical (unpaired) electrons. The van der Waals surface area contributed by atoms with E-state index in [0.717, 1.165) is 0 Å². The first kappa shape index (κ1) is 20.1. The summed E-state index contributed by atoms with van der Waals surface area (Å²) in [5.41, 5.74) is 7.89. The zero-order valence-electron chi connectivity index (χ0n) is 16.6. The third-order valence-electron chi connectivity index (χ3n) is 4.71. The van der Waals surface area contributed by atoms with E-state index in [-0.39, 0.29) is 30.6 Å². The highest BCUT2D eigenvalue weighted by atomic mass is 16.2. The molecule has 2 N–H and O–H groups in total. The fourth-order valence-electron chi connectivity index (χ4n) is 3.06. The van der Waals surface area contributed by atoms with Crippen molar-refractivity contribution < 1.29 is 14.4 Å². The van der Waals surface area contributed by atoms with Crippen molar-refractivity contribution in [3.8, 4) is 0 Å². The molecule has 0 fully saturated rings. The van der Waals surface area contributed by atoms with Gasteiger partial charge in [-0.2, -0.15) is 0 Å². The summed E-state index contributed by atoms with van der Waals surface area (Å²) < 4.78 is 1.64. The van der Waals surface area contributed by atoms with Crippen LogP contribution in [-0.4, -0.2) is 53.3 Å². The number of amides is 3. The number of anilines is 1. The largest absolute Gasteiger partial charge is 0.363 e. The first-order valence-electron chi connectivity index (χ1n) is 9.13. The smallest absolute Gasteiger partial charge is 0.284 e. The van der Waals surface area contributed by atoms with Crippen LogP contribution in [0.25, 0.3) is 11.0 Å². The summed E-state index contributed by atoms with van der Waals surface area (Å²) in [6.07, 6.45) is 0.215. The lowest BCUT2D eigenvalue weighted by Gasteiger charge is -2.17. The van der Waals surface area contributed by atoms with Crippen molar-refractivity contribution in [2.24, 2.45) is 5.73 Å². The van der Waals surface area contributed by atoms with Gasteiger partial charge in [0, 0.05) is 45.4 Å². The maximum atomic E-state index is 12.7. The molecule has 0 saturated carbocycles. The topological polar surface area (TPSA) is 102 Å². The average Bonchev–Trinajstić information content (AvgIpc) is 3.09. The van der Waals surface area contributed by atoms with Crippen molar-refractivity contribution in [1.82, 2.24) is 14.5 Å². The molecule has 8 nitrogen and oxygen atoms in total. The minimum atomic E-state index is -0.672. The van der Waals surface area contributed by atoms with Crippen molar-refractivity contribution in [1.29, 1.82) is 0 Å². The molecular formula is C21H23N5O3. The summed E-state index contributed by atoms with van der Waals surface area (Å²) in [4.78, 5) is 43.8. The molecule has 29 heavy (non-hydrogen) atoms. The van der Waals surface area contributed by atoms with Gasteiger partial charge in [0.15, 0.2) is 5.82 Å². The lowest BCUT2D eigenvalue weighted by atomic mass is 10.2. The van der Waals surface area contributed by atoms with E-state index in [4.69, 9.17) is 5.73 Å². The Kier molecular flexibility index (Phi) is 5.63. The van der Waals surface area contributed by atoms with Gasteiger partial charge in [0.1, 0.15) is 0 Å². The molecule has 0 atom stereocenters. The number of primary amides is 1. The van der Waals surface area contributed by atoms with Crippen LogP contribution in [0, 0.1) is 0 Å². The predicted molar refractivity (Wildman–Crippen MR) is 111 cm³/mol. The number of imidazole rings is 1. The Morgan fingerprint density at radius 1 is 1.03 bits per heavy atom. The van der Waals surface area contributed by atoms with E-state index in [1.165, 1.54) is 9.80 Å². The van der Waals surface area contributed by atoms with E-state index in [9.17, 15) is 14.4 Å². The lowest BCUT2D eigenvalue weighted by molar-refractivity contribution is -0.128. The number of benzene rings is 2. The molecule has 3 aromatic rings. The van der Waals surface area contributed by atoms with Gasteiger partial charge in [0.25, 0.3) is 11.8 Å². The highest BCUT2D eigenvalue weighted by molar-refractivity contribution is 6.06. The predicted octanol–water partition coefficient (Wildman–Crippen LogP) is 1.89. The van der Waals surface area contributed by atoms with Gasteiger partial charge in [-0.25, -0.2) is 4.98 Å². The van der Waals surface area contributed by atoms with Gasteiger partial charge in [0.05, 0.1) is 11.0 Å². The second-order valence-electron chi connectivity index (χ2n) is 6.89. The molecule has 3 rings (SSSR count). The maximum Gasteiger partial charge on any atom is 0.284 e. The summed E-state index contributed by atoms with van der Waals surface area (Å²) in [5, 5.41) is 0. The van der Waals surface area contributed by atoms with Gasteiger partial charge in [-0.05, 0) is 30.3 Å². The maximum absolute atomic E-state index is 12.7. The minimum Gasteiger partial charge on any atom is -0.363 e. The number of nitrogens with zero attached hydrogens (tertiary/aromatic N) is 4. The Morgan fingerprint density at radius 3 is 2.34 bits per heavy atom. The molecule has 1 heterocycles. The highest BCUT2D eigenvalue weighted by Crippen LogP contribution is 2.24. The van der Waals surface area contributed by atoms with Crippen LogP contribution < -0.4 is 10.6 Å². The summed E-state index contributed by atoms with van der Waals surface area (Å²) >= 11 is 0. The summed E-state index contributed by atoms with van der Waals surface area (Å²) in [6, 6.07) is 14.2. The molecule has 0 aliphatic rings. The second-order valence-corrected chi connectivity index (χ2v) is 6.89. The SMILES string of the molecule is CN(C)C(=O)CCn1c(C(N)=O)nc2cc(N(C)C(=O)c3ccccc3)ccc21. The molecule has 0 spiro atoms. The first-order valence-corrected chi connectivity index (χ1v) is 9.13. The van der Waals surface area contributed by atoms with E-state index < -0.39 is 5.91 Å². The molecule has 0 bridgehead atoms. The highest BCUT2D eigenvalue weighted by Gasteiger charge is 2.19. The number of rotatable bonds is 6. The molecule has 2 aromatic carbocycles. The van der Waals surface area contributed by atoms with E-state index in [0.29, 0.717) is 22.3 Å². The van der Waals surface area contributed by atoms with Gasteiger partial charge in [-0.15, -0.1) is 0 Å². The van der Waals surface area contributed by atoms with Crippen molar-refractivity contribution in [3.63, 3.8) is 0 Å². The van der Waals surface area contributed by atoms with Gasteiger partial charge in [-0.1, -0.05) is 18.2 Å². The van der Waals surface area contributed by atoms with Gasteiger partial charge < -0.3 is 20.1 Å². The summed E-state index contributed by atoms with van der Waals surface area (Å²) in [7, 11) is 5.03. The van der Waals surface area contributed by atoms with Crippen LogP contribution in [0.2, 0.25) is 0 Å². The Balaban J connectivity index is 1.95. The van der Waals surface area contributed by atoms with Crippen molar-refractivity contribution >= 4 is 34.4 Å². The third-order valence-corrected chi connectivity index (χ3v) is 4.71. The molecule has 3 amide bonds. The summed E-state index contributed by atoms with van der Waals surface area (Å²) in [5.74, 6) is -0.808. The zero-order chi connectivity index (χ0) is 21.1. The zero-order valence-corrected chi connectivity index (χ0v) is 16.6. The molecule has 8 heteroatoms. The van der Waals surface area contributed by atoms with Crippen LogP contribution in [0.3, 0.4) is 0 Å². The monoisotopic (exact) mass is 393 g/mol. The first-order chi connectivity index (χ1) is 13.8. The molecular weight excluding hydrogens is 370 g/mol. The van der Waals surface area contributed by atoms with Crippen LogP contribution in [0.5, 0.6) is 0 Å². The minimum absolute atomic E-state index is 0.0629. The Hall–Kier alpha value is -3.68. The Bertz CT molecular complexity index is 1070. The number of hydrogen-bond donors (Lipinski definition) is 1. The summed E-state index contributed by atoms with van der Waals surface area (Å²) in [6.45, 7) is 0.282. The number of carbonyl (C=O) groups excluding carboxylic acids is 3. The van der Waals surface area contributed by atoms with Crippen molar-refractivity contribution in [3.05, 3.63) is 59.9 Å². The van der Waals surface area contributed by atoms with Crippen molar-refractivity contribution in [2.45, 2.75) is 13.0 Å². The molecule has 0 aliphatic carbocycles. The molecule has 0 aliphatic heterocycles. The van der Waals surface area contributed by atoms with Crippen LogP contribution in [0.1, 0.15) is 27.4 Å². The Labute approximate surface area is 168 Å². The second kappa shape index (κ2) is 8.14. The number of carbonyl (C=O) groups is 3. The number of fused-ring (bicyclic) bond motifs is 1. The molecule has 0 unspecified atom stereocenters. The van der Waals surface area contributed by atoms with E-state index in [1.807, 2.05) is 6.07 Å².